The van der Waals surface area contributed by atoms with Crippen molar-refractivity contribution in [2.24, 2.45) is 0 Å². The van der Waals surface area contributed by atoms with Gasteiger partial charge in [-0.05, 0) is 19.0 Å². The first-order valence-corrected chi connectivity index (χ1v) is 6.62. The van der Waals surface area contributed by atoms with Gasteiger partial charge in [-0.1, -0.05) is 6.07 Å². The monoisotopic (exact) mass is 371 g/mol. The minimum absolute atomic E-state index is 0.169. The first kappa shape index (κ1) is 8.29. The Bertz CT molecular complexity index is 1050. The number of rotatable bonds is 4. The molecule has 0 bridgehead atoms. The summed E-state index contributed by atoms with van der Waals surface area (Å²) in [5, 5.41) is 1.70. The summed E-state index contributed by atoms with van der Waals surface area (Å²) in [4.78, 5) is 24.1. The van der Waals surface area contributed by atoms with Crippen LogP contribution in [0.25, 0.3) is 0 Å². The van der Waals surface area contributed by atoms with Gasteiger partial charge in [0.15, 0.2) is 0 Å². The van der Waals surface area contributed by atoms with Crippen molar-refractivity contribution in [3.05, 3.63) is 24.2 Å². The fraction of sp³-hybridized carbons (Fsp3) is 0.500. The zero-order valence-corrected chi connectivity index (χ0v) is 12.6. The second-order valence-corrected chi connectivity index (χ2v) is 4.61. The highest BCUT2D eigenvalue weighted by Crippen LogP contribution is 2.27. The lowest BCUT2D eigenvalue weighted by Gasteiger charge is -2.37. The number of hydrogen-bond donors (Lipinski definition) is 1. The van der Waals surface area contributed by atoms with E-state index in [2.05, 4.69) is 4.74 Å². The van der Waals surface area contributed by atoms with E-state index in [0.29, 0.717) is 12.1 Å². The number of nitrogens with zero attached hydrogens (tertiary/aromatic N) is 2. The van der Waals surface area contributed by atoms with Crippen molar-refractivity contribution in [1.29, 1.82) is 0 Å². The maximum atomic E-state index is 13.0. The zero-order chi connectivity index (χ0) is 29.2. The molecular formula is C16H20F3N3O3. The molecule has 1 saturated heterocycles. The fourth-order valence-electron chi connectivity index (χ4n) is 1.70. The van der Waals surface area contributed by atoms with Crippen molar-refractivity contribution in [2.75, 3.05) is 30.9 Å². The van der Waals surface area contributed by atoms with Crippen LogP contribution in [-0.4, -0.2) is 55.1 Å². The van der Waals surface area contributed by atoms with Crippen LogP contribution in [0.4, 0.5) is 18.9 Å². The van der Waals surface area contributed by atoms with Crippen LogP contribution in [0, 0.1) is 0 Å². The predicted octanol–water partition coefficient (Wildman–Crippen LogP) is 1.76. The quantitative estimate of drug-likeness (QED) is 0.876. The summed E-state index contributed by atoms with van der Waals surface area (Å²) in [5.41, 5.74) is -0.867. The van der Waals surface area contributed by atoms with E-state index >= 15 is 0 Å². The normalized spacial score (nSPS) is 32.0. The molecule has 1 aromatic carbocycles. The van der Waals surface area contributed by atoms with Crippen LogP contribution in [0.2, 0.25) is 0 Å². The third-order valence-electron chi connectivity index (χ3n) is 2.73. The number of carbonyl (C=O) groups is 2. The molecule has 1 N–H and O–H groups in total. The highest BCUT2D eigenvalue weighted by molar-refractivity contribution is 5.86. The number of anilines is 1. The molecule has 1 heterocycles. The summed E-state index contributed by atoms with van der Waals surface area (Å²) in [6.45, 7) is -17.4. The molecule has 2 rings (SSSR count). The summed E-state index contributed by atoms with van der Waals surface area (Å²) >= 11 is 0. The zero-order valence-electron chi connectivity index (χ0n) is 24.6. The van der Waals surface area contributed by atoms with Crippen molar-refractivity contribution in [1.82, 2.24) is 10.2 Å². The van der Waals surface area contributed by atoms with Crippen molar-refractivity contribution in [2.45, 2.75) is 26.2 Å². The van der Waals surface area contributed by atoms with E-state index in [9.17, 15) is 22.8 Å². The van der Waals surface area contributed by atoms with Gasteiger partial charge in [0, 0.05) is 48.7 Å². The van der Waals surface area contributed by atoms with E-state index < -0.39 is 79.4 Å². The standard InChI is InChI=1S/C16H20F3N3O3/c1-11(20-12(2)23)15(24)22-8-6-21(7-9-22)13-4-3-5-14(10-13)25-16(17,18)19/h3-5,10-11H,6-9H2,1-2H3,(H,20,23)/t11-/m0/s1/i2D3,5D,6D2,7D2,8D2,9D2. The minimum atomic E-state index is -5.31. The molecule has 0 spiro atoms. The highest BCUT2D eigenvalue weighted by atomic mass is 19.4. The smallest absolute Gasteiger partial charge is 0.406 e. The molecule has 9 heteroatoms. The van der Waals surface area contributed by atoms with E-state index in [1.807, 2.05) is 0 Å². The molecular weight excluding hydrogens is 339 g/mol. The molecule has 0 radical (unpaired) electrons. The molecule has 0 aromatic heterocycles. The first-order valence-electron chi connectivity index (χ1n) is 12.6. The first-order chi connectivity index (χ1) is 16.3. The highest BCUT2D eigenvalue weighted by Gasteiger charge is 2.31. The van der Waals surface area contributed by atoms with Crippen LogP contribution in [0.1, 0.15) is 30.2 Å². The van der Waals surface area contributed by atoms with E-state index in [0.717, 1.165) is 13.0 Å². The molecule has 6 nitrogen and oxygen atoms in total. The van der Waals surface area contributed by atoms with Crippen molar-refractivity contribution in [3.8, 4) is 5.75 Å². The third kappa shape index (κ3) is 5.54. The van der Waals surface area contributed by atoms with Crippen LogP contribution < -0.4 is 15.0 Å². The largest absolute Gasteiger partial charge is 0.573 e. The van der Waals surface area contributed by atoms with E-state index in [1.54, 1.807) is 5.32 Å². The van der Waals surface area contributed by atoms with Crippen LogP contribution in [0.3, 0.4) is 0 Å². The molecule has 1 aliphatic heterocycles. The van der Waals surface area contributed by atoms with Crippen LogP contribution in [0.5, 0.6) is 5.75 Å². The van der Waals surface area contributed by atoms with E-state index in [1.165, 1.54) is 0 Å². The summed E-state index contributed by atoms with van der Waals surface area (Å²) in [7, 11) is 0. The number of alkyl halides is 3. The third-order valence-corrected chi connectivity index (χ3v) is 2.73. The molecule has 1 aliphatic rings. The van der Waals surface area contributed by atoms with Gasteiger partial charge in [0.25, 0.3) is 0 Å². The number of carbonyl (C=O) groups excluding carboxylic acids is 2. The van der Waals surface area contributed by atoms with Crippen molar-refractivity contribution in [3.63, 3.8) is 0 Å². The molecule has 1 aromatic rings. The second kappa shape index (κ2) is 7.62. The van der Waals surface area contributed by atoms with Gasteiger partial charge < -0.3 is 19.9 Å². The van der Waals surface area contributed by atoms with Crippen molar-refractivity contribution < 1.29 is 43.9 Å². The number of nitrogens with one attached hydrogen (secondary N) is 1. The Morgan fingerprint density at radius 3 is 2.68 bits per heavy atom. The Hall–Kier alpha value is -2.45. The molecule has 1 atom stereocenters. The van der Waals surface area contributed by atoms with Crippen LogP contribution in [-0.2, 0) is 9.59 Å². The summed E-state index contributed by atoms with van der Waals surface area (Å²) < 4.78 is 137. The topological polar surface area (TPSA) is 61.9 Å². The van der Waals surface area contributed by atoms with Gasteiger partial charge in [-0.15, -0.1) is 13.2 Å². The molecule has 2 amide bonds. The number of hydrogen-bond acceptors (Lipinski definition) is 4. The molecule has 1 fully saturated rings. The summed E-state index contributed by atoms with van der Waals surface area (Å²) in [5.74, 6) is -4.63. The Morgan fingerprint density at radius 1 is 1.40 bits per heavy atom. The fourth-order valence-corrected chi connectivity index (χ4v) is 1.70. The average Bonchev–Trinajstić information content (AvgIpc) is 2.66. The van der Waals surface area contributed by atoms with Gasteiger partial charge in [-0.25, -0.2) is 0 Å². The average molecular weight is 371 g/mol. The number of piperazine rings is 1. The Balaban J connectivity index is 2.65. The van der Waals surface area contributed by atoms with E-state index in [-0.39, 0.29) is 4.90 Å². The van der Waals surface area contributed by atoms with Gasteiger partial charge in [-0.2, -0.15) is 0 Å². The number of benzene rings is 1. The molecule has 0 unspecified atom stereocenters. The van der Waals surface area contributed by atoms with Crippen molar-refractivity contribution >= 4 is 17.5 Å². The lowest BCUT2D eigenvalue weighted by Crippen LogP contribution is -2.54. The minimum Gasteiger partial charge on any atom is -0.406 e. The SMILES string of the molecule is [2H]c1ccc(N2C([2H])([2H])C([2H])([2H])N(C(=O)[C@H](C)NC(=O)C([2H])([2H])[2H])C([2H])([2H])C2([2H])[2H])cc1OC(F)(F)F. The number of ether oxygens (including phenoxy) is 1. The molecule has 25 heavy (non-hydrogen) atoms. The predicted molar refractivity (Wildman–Crippen MR) is 85.2 cm³/mol. The number of amides is 2. The van der Waals surface area contributed by atoms with Gasteiger partial charge in [-0.3, -0.25) is 9.59 Å². The lowest BCUT2D eigenvalue weighted by molar-refractivity contribution is -0.274. The molecule has 138 valence electrons. The Labute approximate surface area is 160 Å². The van der Waals surface area contributed by atoms with Gasteiger partial charge in [0.1, 0.15) is 11.8 Å². The lowest BCUT2D eigenvalue weighted by atomic mass is 10.2. The molecule has 0 aliphatic carbocycles. The Morgan fingerprint density at radius 2 is 2.08 bits per heavy atom. The number of halogens is 3. The van der Waals surface area contributed by atoms with Gasteiger partial charge in [0.2, 0.25) is 11.8 Å². The van der Waals surface area contributed by atoms with Gasteiger partial charge >= 0.3 is 6.36 Å². The Kier molecular flexibility index (Phi) is 2.53. The van der Waals surface area contributed by atoms with Crippen LogP contribution in [0.15, 0.2) is 24.2 Å². The maximum absolute atomic E-state index is 13.0. The maximum Gasteiger partial charge on any atom is 0.573 e. The van der Waals surface area contributed by atoms with E-state index in [4.69, 9.17) is 16.4 Å². The van der Waals surface area contributed by atoms with Gasteiger partial charge in [0.05, 0.1) is 12.3 Å². The summed E-state index contributed by atoms with van der Waals surface area (Å²) in [6, 6.07) is -1.10. The van der Waals surface area contributed by atoms with Crippen LogP contribution >= 0.6 is 0 Å². The molecule has 0 saturated carbocycles. The summed E-state index contributed by atoms with van der Waals surface area (Å²) in [6.07, 6.45) is -5.31. The second-order valence-electron chi connectivity index (χ2n) is 4.61.